The van der Waals surface area contributed by atoms with Crippen molar-refractivity contribution in [1.29, 1.82) is 0 Å². The Balaban J connectivity index is 1.61. The first-order valence-corrected chi connectivity index (χ1v) is 10.9. The molecule has 34 heavy (non-hydrogen) atoms. The maximum absolute atomic E-state index is 13.3. The van der Waals surface area contributed by atoms with E-state index in [4.69, 9.17) is 0 Å². The van der Waals surface area contributed by atoms with Crippen molar-refractivity contribution in [2.75, 3.05) is 4.90 Å². The molecule has 0 spiro atoms. The quantitative estimate of drug-likeness (QED) is 0.279. The molecule has 4 rings (SSSR count). The van der Waals surface area contributed by atoms with Crippen LogP contribution < -0.4 is 4.90 Å². The van der Waals surface area contributed by atoms with Crippen molar-refractivity contribution in [3.63, 3.8) is 0 Å². The molecule has 0 radical (unpaired) electrons. The van der Waals surface area contributed by atoms with Crippen molar-refractivity contribution in [3.05, 3.63) is 110 Å². The fourth-order valence-corrected chi connectivity index (χ4v) is 4.49. The number of nitrogens with zero attached hydrogens (tertiary/aromatic N) is 5. The highest BCUT2D eigenvalue weighted by Crippen LogP contribution is 2.34. The minimum atomic E-state index is -0.547. The van der Waals surface area contributed by atoms with Gasteiger partial charge in [-0.15, -0.1) is 5.10 Å². The van der Waals surface area contributed by atoms with Crippen LogP contribution in [-0.2, 0) is 11.2 Å². The molecule has 11 heteroatoms. The van der Waals surface area contributed by atoms with Gasteiger partial charge >= 0.3 is 0 Å². The number of thioether (sulfide) groups is 1. The number of anilines is 1. The molecule has 0 unspecified atom stereocenters. The Morgan fingerprint density at radius 1 is 0.912 bits per heavy atom. The number of hydrogen-bond acceptors (Lipinski definition) is 8. The normalized spacial score (nSPS) is 16.9. The van der Waals surface area contributed by atoms with E-state index in [1.807, 2.05) is 6.07 Å². The average Bonchev–Trinajstić information content (AvgIpc) is 3.14. The van der Waals surface area contributed by atoms with E-state index in [1.54, 1.807) is 48.5 Å². The number of carbonyl (C=O) groups excluding carboxylic acids is 1. The van der Waals surface area contributed by atoms with Crippen LogP contribution in [-0.4, -0.2) is 32.4 Å². The summed E-state index contributed by atoms with van der Waals surface area (Å²) in [7, 11) is 0. The SMILES string of the molecule is O=C1[C@@H](Cc2cccc([N+](=O)[O-])c2)SC(=NN=Cc2cccc([N+](=O)[O-])c2)N1c1ccccc1. The first kappa shape index (κ1) is 22.8. The molecule has 1 amide bonds. The third-order valence-corrected chi connectivity index (χ3v) is 6.05. The summed E-state index contributed by atoms with van der Waals surface area (Å²) in [5.74, 6) is -0.216. The molecule has 0 aromatic heterocycles. The number of nitro groups is 2. The molecule has 0 N–H and O–H groups in total. The van der Waals surface area contributed by atoms with Gasteiger partial charge in [0.25, 0.3) is 11.4 Å². The Morgan fingerprint density at radius 3 is 2.29 bits per heavy atom. The molecule has 170 valence electrons. The number of hydrogen-bond donors (Lipinski definition) is 0. The van der Waals surface area contributed by atoms with Gasteiger partial charge in [0.2, 0.25) is 5.91 Å². The predicted molar refractivity (Wildman–Crippen MR) is 130 cm³/mol. The maximum atomic E-state index is 13.3. The van der Waals surface area contributed by atoms with Gasteiger partial charge in [-0.2, -0.15) is 5.10 Å². The van der Waals surface area contributed by atoms with E-state index in [2.05, 4.69) is 10.2 Å². The van der Waals surface area contributed by atoms with Crippen molar-refractivity contribution >= 4 is 46.1 Å². The Bertz CT molecular complexity index is 1310. The third kappa shape index (κ3) is 5.15. The van der Waals surface area contributed by atoms with Gasteiger partial charge in [0.15, 0.2) is 5.17 Å². The number of nitro benzene ring substituents is 2. The van der Waals surface area contributed by atoms with Crippen LogP contribution in [0.25, 0.3) is 0 Å². The number of rotatable bonds is 7. The molecular formula is C23H17N5O5S. The smallest absolute Gasteiger partial charge is 0.270 e. The molecule has 1 aliphatic heterocycles. The van der Waals surface area contributed by atoms with Crippen LogP contribution in [0.2, 0.25) is 0 Å². The highest BCUT2D eigenvalue weighted by Gasteiger charge is 2.39. The largest absolute Gasteiger partial charge is 0.273 e. The highest BCUT2D eigenvalue weighted by molar-refractivity contribution is 8.16. The summed E-state index contributed by atoms with van der Waals surface area (Å²) in [6.45, 7) is 0. The number of amidine groups is 1. The van der Waals surface area contributed by atoms with E-state index >= 15 is 0 Å². The molecule has 1 aliphatic rings. The molecule has 1 saturated heterocycles. The van der Waals surface area contributed by atoms with Gasteiger partial charge in [0.1, 0.15) is 0 Å². The zero-order valence-electron chi connectivity index (χ0n) is 17.6. The lowest BCUT2D eigenvalue weighted by Gasteiger charge is -2.15. The highest BCUT2D eigenvalue weighted by atomic mass is 32.2. The predicted octanol–water partition coefficient (Wildman–Crippen LogP) is 4.58. The number of non-ortho nitro benzene ring substituents is 2. The molecule has 10 nitrogen and oxygen atoms in total. The lowest BCUT2D eigenvalue weighted by molar-refractivity contribution is -0.385. The molecule has 0 aliphatic carbocycles. The standard InChI is InChI=1S/C23H17N5O5S/c29-22-21(14-16-6-4-10-19(12-16)27(30)31)34-23(26(22)18-8-2-1-3-9-18)25-24-15-17-7-5-11-20(13-17)28(32)33/h1-13,15,21H,14H2/t21-/m1/s1. The summed E-state index contributed by atoms with van der Waals surface area (Å²) in [5.41, 5.74) is 1.67. The van der Waals surface area contributed by atoms with Gasteiger partial charge in [-0.1, -0.05) is 54.2 Å². The van der Waals surface area contributed by atoms with Crippen molar-refractivity contribution < 1.29 is 14.6 Å². The van der Waals surface area contributed by atoms with Gasteiger partial charge in [0.05, 0.1) is 27.0 Å². The van der Waals surface area contributed by atoms with Crippen molar-refractivity contribution in [2.24, 2.45) is 10.2 Å². The Labute approximate surface area is 197 Å². The summed E-state index contributed by atoms with van der Waals surface area (Å²) in [6, 6.07) is 21.1. The maximum Gasteiger partial charge on any atom is 0.270 e. The van der Waals surface area contributed by atoms with E-state index in [0.29, 0.717) is 22.0 Å². The fraction of sp³-hybridized carbons (Fsp3) is 0.0870. The Hall–Kier alpha value is -4.38. The van der Waals surface area contributed by atoms with E-state index in [0.717, 1.165) is 0 Å². The third-order valence-electron chi connectivity index (χ3n) is 4.92. The minimum Gasteiger partial charge on any atom is -0.273 e. The summed E-state index contributed by atoms with van der Waals surface area (Å²) >= 11 is 1.21. The Kier molecular flexibility index (Phi) is 6.74. The summed E-state index contributed by atoms with van der Waals surface area (Å²) < 4.78 is 0. The lowest BCUT2D eigenvalue weighted by atomic mass is 10.1. The summed E-state index contributed by atoms with van der Waals surface area (Å²) in [6.07, 6.45) is 1.66. The first-order chi connectivity index (χ1) is 16.4. The fourth-order valence-electron chi connectivity index (χ4n) is 3.36. The summed E-state index contributed by atoms with van der Waals surface area (Å²) in [4.78, 5) is 35.8. The molecule has 1 fully saturated rings. The van der Waals surface area contributed by atoms with E-state index in [1.165, 1.54) is 47.1 Å². The van der Waals surface area contributed by atoms with Crippen LogP contribution in [0, 0.1) is 20.2 Å². The number of amides is 1. The molecular weight excluding hydrogens is 458 g/mol. The molecule has 1 heterocycles. The lowest BCUT2D eigenvalue weighted by Crippen LogP contribution is -2.32. The van der Waals surface area contributed by atoms with Gasteiger partial charge in [-0.25, -0.2) is 0 Å². The second-order valence-electron chi connectivity index (χ2n) is 7.23. The van der Waals surface area contributed by atoms with Crippen LogP contribution in [0.3, 0.4) is 0 Å². The van der Waals surface area contributed by atoms with E-state index in [-0.39, 0.29) is 23.7 Å². The first-order valence-electron chi connectivity index (χ1n) is 10.1. The Morgan fingerprint density at radius 2 is 1.59 bits per heavy atom. The topological polar surface area (TPSA) is 131 Å². The van der Waals surface area contributed by atoms with Crippen LogP contribution in [0.4, 0.5) is 17.1 Å². The van der Waals surface area contributed by atoms with Gasteiger partial charge in [0, 0.05) is 29.8 Å². The average molecular weight is 475 g/mol. The van der Waals surface area contributed by atoms with Crippen molar-refractivity contribution in [2.45, 2.75) is 11.7 Å². The number of para-hydroxylation sites is 1. The van der Waals surface area contributed by atoms with Crippen LogP contribution >= 0.6 is 11.8 Å². The number of benzene rings is 3. The molecule has 3 aromatic rings. The monoisotopic (exact) mass is 475 g/mol. The number of carbonyl (C=O) groups is 1. The van der Waals surface area contributed by atoms with E-state index in [9.17, 15) is 25.0 Å². The van der Waals surface area contributed by atoms with Crippen LogP contribution in [0.5, 0.6) is 0 Å². The second kappa shape index (κ2) is 10.0. The zero-order chi connectivity index (χ0) is 24.1. The molecule has 0 bridgehead atoms. The minimum absolute atomic E-state index is 0.0386. The zero-order valence-corrected chi connectivity index (χ0v) is 18.4. The molecule has 0 saturated carbocycles. The van der Waals surface area contributed by atoms with E-state index < -0.39 is 15.1 Å². The van der Waals surface area contributed by atoms with Crippen molar-refractivity contribution in [1.82, 2.24) is 0 Å². The molecule has 1 atom stereocenters. The second-order valence-corrected chi connectivity index (χ2v) is 8.40. The summed E-state index contributed by atoms with van der Waals surface area (Å²) in [5, 5.41) is 30.1. The van der Waals surface area contributed by atoms with Crippen molar-refractivity contribution in [3.8, 4) is 0 Å². The van der Waals surface area contributed by atoms with Crippen LogP contribution in [0.1, 0.15) is 11.1 Å². The van der Waals surface area contributed by atoms with Crippen LogP contribution in [0.15, 0.2) is 89.1 Å². The van der Waals surface area contributed by atoms with Gasteiger partial charge < -0.3 is 0 Å². The molecule has 3 aromatic carbocycles. The van der Waals surface area contributed by atoms with Gasteiger partial charge in [-0.05, 0) is 24.1 Å². The van der Waals surface area contributed by atoms with Gasteiger partial charge in [-0.3, -0.25) is 29.9 Å².